The lowest BCUT2D eigenvalue weighted by Crippen LogP contribution is -2.49. The van der Waals surface area contributed by atoms with Gasteiger partial charge in [0, 0.05) is 32.0 Å². The van der Waals surface area contributed by atoms with E-state index in [0.29, 0.717) is 0 Å². The van der Waals surface area contributed by atoms with Crippen LogP contribution in [-0.4, -0.2) is 75.6 Å². The molecule has 0 radical (unpaired) electrons. The van der Waals surface area contributed by atoms with Gasteiger partial charge in [-0.15, -0.1) is 0 Å². The van der Waals surface area contributed by atoms with Crippen molar-refractivity contribution in [3.05, 3.63) is 33.9 Å². The fourth-order valence-electron chi connectivity index (χ4n) is 2.88. The average molecular weight is 405 g/mol. The Bertz CT molecular complexity index is 955. The quantitative estimate of drug-likeness (QED) is 0.497. The van der Waals surface area contributed by atoms with Crippen LogP contribution in [0.2, 0.25) is 0 Å². The Morgan fingerprint density at radius 3 is 2.35 bits per heavy atom. The number of nitrogens with zero attached hydrogens (tertiary/aromatic N) is 3. The highest BCUT2D eigenvalue weighted by atomic mass is 32.2. The summed E-state index contributed by atoms with van der Waals surface area (Å²) in [6.45, 7) is 0. The van der Waals surface area contributed by atoms with Crippen LogP contribution in [0.1, 0.15) is 16.8 Å². The van der Waals surface area contributed by atoms with Crippen molar-refractivity contribution in [2.24, 2.45) is 0 Å². The first-order valence-electron chi connectivity index (χ1n) is 7.53. The number of amides is 1. The van der Waals surface area contributed by atoms with E-state index in [9.17, 15) is 31.7 Å². The lowest BCUT2D eigenvalue weighted by atomic mass is 10.1. The third kappa shape index (κ3) is 4.19. The zero-order valence-electron chi connectivity index (χ0n) is 14.4. The van der Waals surface area contributed by atoms with Gasteiger partial charge in [0.05, 0.1) is 22.5 Å². The minimum Gasteiger partial charge on any atom is -0.268 e. The summed E-state index contributed by atoms with van der Waals surface area (Å²) in [6, 6.07) is 2.51. The van der Waals surface area contributed by atoms with Crippen LogP contribution in [0.3, 0.4) is 0 Å². The van der Waals surface area contributed by atoms with Crippen molar-refractivity contribution in [1.82, 2.24) is 10.0 Å². The molecule has 1 aromatic rings. The van der Waals surface area contributed by atoms with Crippen molar-refractivity contribution < 1.29 is 26.6 Å². The van der Waals surface area contributed by atoms with Crippen molar-refractivity contribution in [2.75, 3.05) is 31.9 Å². The van der Waals surface area contributed by atoms with Crippen LogP contribution in [0.5, 0.6) is 0 Å². The second-order valence-corrected chi connectivity index (χ2v) is 10.5. The predicted molar refractivity (Wildman–Crippen MR) is 93.1 cm³/mol. The summed E-state index contributed by atoms with van der Waals surface area (Å²) in [6.07, 6.45) is 1.10. The van der Waals surface area contributed by atoms with E-state index >= 15 is 0 Å². The highest BCUT2D eigenvalue weighted by Crippen LogP contribution is 2.27. The van der Waals surface area contributed by atoms with E-state index in [2.05, 4.69) is 0 Å². The standard InChI is InChI=1S/C14H19N3O7S2/c1-15(2)16(11-6-7-26(23,24)9-11)14(18)10-4-5-13(25(3,21)22)12(8-10)17(19)20/h4-5,8,11H,6-7,9H2,1-3H3. The van der Waals surface area contributed by atoms with E-state index in [1.807, 2.05) is 0 Å². The molecule has 1 aromatic carbocycles. The maximum Gasteiger partial charge on any atom is 0.288 e. The van der Waals surface area contributed by atoms with Crippen LogP contribution in [-0.2, 0) is 19.7 Å². The maximum absolute atomic E-state index is 12.8. The van der Waals surface area contributed by atoms with Gasteiger partial charge < -0.3 is 0 Å². The molecule has 0 saturated carbocycles. The number of rotatable bonds is 5. The zero-order valence-corrected chi connectivity index (χ0v) is 16.1. The summed E-state index contributed by atoms with van der Waals surface area (Å²) in [7, 11) is -3.98. The average Bonchev–Trinajstić information content (AvgIpc) is 2.85. The molecule has 0 aliphatic carbocycles. The van der Waals surface area contributed by atoms with E-state index in [1.54, 1.807) is 14.1 Å². The van der Waals surface area contributed by atoms with Gasteiger partial charge in [0.25, 0.3) is 11.6 Å². The van der Waals surface area contributed by atoms with Crippen molar-refractivity contribution in [2.45, 2.75) is 17.4 Å². The van der Waals surface area contributed by atoms with Crippen molar-refractivity contribution in [1.29, 1.82) is 0 Å². The smallest absolute Gasteiger partial charge is 0.268 e. The van der Waals surface area contributed by atoms with E-state index in [0.717, 1.165) is 18.4 Å². The number of nitro benzene ring substituents is 1. The molecular formula is C14H19N3O7S2. The third-order valence-electron chi connectivity index (χ3n) is 4.00. The minimum absolute atomic E-state index is 0.0392. The van der Waals surface area contributed by atoms with Gasteiger partial charge in [0.2, 0.25) is 0 Å². The number of benzene rings is 1. The van der Waals surface area contributed by atoms with E-state index < -0.39 is 47.1 Å². The summed E-state index contributed by atoms with van der Waals surface area (Å²) in [5.74, 6) is -0.872. The number of hydrogen-bond donors (Lipinski definition) is 0. The predicted octanol–water partition coefficient (Wildman–Crippen LogP) is 0.104. The lowest BCUT2D eigenvalue weighted by Gasteiger charge is -2.33. The minimum atomic E-state index is -3.84. The molecule has 1 fully saturated rings. The molecule has 0 spiro atoms. The lowest BCUT2D eigenvalue weighted by molar-refractivity contribution is -0.387. The number of hydrazine groups is 1. The third-order valence-corrected chi connectivity index (χ3v) is 6.89. The Kier molecular flexibility index (Phi) is 5.40. The van der Waals surface area contributed by atoms with Gasteiger partial charge in [0.1, 0.15) is 4.90 Å². The van der Waals surface area contributed by atoms with Gasteiger partial charge in [-0.3, -0.25) is 19.9 Å². The maximum atomic E-state index is 12.8. The highest BCUT2D eigenvalue weighted by Gasteiger charge is 2.37. The van der Waals surface area contributed by atoms with Crippen LogP contribution in [0.25, 0.3) is 0 Å². The van der Waals surface area contributed by atoms with Crippen LogP contribution in [0.15, 0.2) is 23.1 Å². The van der Waals surface area contributed by atoms with Gasteiger partial charge in [-0.1, -0.05) is 0 Å². The fraction of sp³-hybridized carbons (Fsp3) is 0.500. The van der Waals surface area contributed by atoms with Crippen molar-refractivity contribution >= 4 is 31.3 Å². The molecule has 1 aliphatic rings. The molecule has 26 heavy (non-hydrogen) atoms. The van der Waals surface area contributed by atoms with E-state index in [-0.39, 0.29) is 23.5 Å². The summed E-state index contributed by atoms with van der Waals surface area (Å²) in [5.41, 5.74) is -0.793. The summed E-state index contributed by atoms with van der Waals surface area (Å²) < 4.78 is 46.8. The molecule has 144 valence electrons. The van der Waals surface area contributed by atoms with Crippen LogP contribution in [0, 0.1) is 10.1 Å². The van der Waals surface area contributed by atoms with Gasteiger partial charge >= 0.3 is 0 Å². The molecule has 10 nitrogen and oxygen atoms in total. The Labute approximate surface area is 151 Å². The largest absolute Gasteiger partial charge is 0.288 e. The van der Waals surface area contributed by atoms with Crippen molar-refractivity contribution in [3.8, 4) is 0 Å². The Hall–Kier alpha value is -2.05. The zero-order chi connectivity index (χ0) is 19.9. The second kappa shape index (κ2) is 6.93. The molecule has 2 rings (SSSR count). The molecule has 0 N–H and O–H groups in total. The topological polar surface area (TPSA) is 135 Å². The number of carbonyl (C=O) groups excluding carboxylic acids is 1. The second-order valence-electron chi connectivity index (χ2n) is 6.27. The first-order chi connectivity index (χ1) is 11.8. The molecule has 1 atom stereocenters. The molecule has 1 saturated heterocycles. The van der Waals surface area contributed by atoms with Crippen LogP contribution in [0.4, 0.5) is 5.69 Å². The molecule has 1 aliphatic heterocycles. The molecular weight excluding hydrogens is 386 g/mol. The molecule has 1 unspecified atom stereocenters. The Balaban J connectivity index is 2.47. The molecule has 12 heteroatoms. The Morgan fingerprint density at radius 2 is 1.92 bits per heavy atom. The summed E-state index contributed by atoms with van der Waals surface area (Å²) in [4.78, 5) is 22.7. The number of sulfone groups is 2. The summed E-state index contributed by atoms with van der Waals surface area (Å²) in [5, 5.41) is 13.9. The van der Waals surface area contributed by atoms with Gasteiger partial charge in [-0.25, -0.2) is 21.8 Å². The Morgan fingerprint density at radius 1 is 1.31 bits per heavy atom. The number of hydrogen-bond acceptors (Lipinski definition) is 8. The first-order valence-corrected chi connectivity index (χ1v) is 11.2. The van der Waals surface area contributed by atoms with Gasteiger partial charge in [0.15, 0.2) is 19.7 Å². The number of nitro groups is 1. The molecule has 0 bridgehead atoms. The molecule has 1 heterocycles. The normalized spacial score (nSPS) is 19.5. The van der Waals surface area contributed by atoms with Gasteiger partial charge in [-0.05, 0) is 18.6 Å². The van der Waals surface area contributed by atoms with Crippen LogP contribution < -0.4 is 0 Å². The monoisotopic (exact) mass is 405 g/mol. The van der Waals surface area contributed by atoms with E-state index in [1.165, 1.54) is 16.1 Å². The first kappa shape index (κ1) is 20.3. The summed E-state index contributed by atoms with van der Waals surface area (Å²) >= 11 is 0. The number of carbonyl (C=O) groups is 1. The molecule has 0 aromatic heterocycles. The highest BCUT2D eigenvalue weighted by molar-refractivity contribution is 7.91. The van der Waals surface area contributed by atoms with Crippen LogP contribution >= 0.6 is 0 Å². The SMILES string of the molecule is CN(C)N(C(=O)c1ccc(S(C)(=O)=O)c([N+](=O)[O-])c1)C1CCS(=O)(=O)C1. The van der Waals surface area contributed by atoms with Crippen molar-refractivity contribution in [3.63, 3.8) is 0 Å². The fourth-order valence-corrected chi connectivity index (χ4v) is 5.40. The van der Waals surface area contributed by atoms with E-state index in [4.69, 9.17) is 0 Å². The van der Waals surface area contributed by atoms with Gasteiger partial charge in [-0.2, -0.15) is 0 Å². The molecule has 1 amide bonds.